The molecule has 15 heavy (non-hydrogen) atoms. The lowest BCUT2D eigenvalue weighted by Crippen LogP contribution is -2.27. The van der Waals surface area contributed by atoms with Crippen LogP contribution in [0, 0.1) is 12.8 Å². The summed E-state index contributed by atoms with van der Waals surface area (Å²) >= 11 is 5.35. The number of rotatable bonds is 5. The van der Waals surface area contributed by atoms with Gasteiger partial charge in [-0.25, -0.2) is 0 Å². The average Bonchev–Trinajstić information content (AvgIpc) is 2.96. The molecule has 0 radical (unpaired) electrons. The Labute approximate surface area is 103 Å². The van der Waals surface area contributed by atoms with Crippen molar-refractivity contribution in [3.05, 3.63) is 20.3 Å². The molecule has 1 atom stereocenters. The molecule has 84 valence electrons. The van der Waals surface area contributed by atoms with Gasteiger partial charge in [-0.05, 0) is 53.2 Å². The SMILES string of the molecule is Cc1cc(C(CCC2CC2)NN)sc1Br. The minimum Gasteiger partial charge on any atom is -0.271 e. The molecule has 1 aliphatic carbocycles. The van der Waals surface area contributed by atoms with Gasteiger partial charge in [0.15, 0.2) is 0 Å². The van der Waals surface area contributed by atoms with Crippen molar-refractivity contribution >= 4 is 27.3 Å². The van der Waals surface area contributed by atoms with Crippen LogP contribution in [0.4, 0.5) is 0 Å². The summed E-state index contributed by atoms with van der Waals surface area (Å²) in [6, 6.07) is 2.56. The fourth-order valence-electron chi connectivity index (χ4n) is 1.77. The molecular formula is C11H17BrN2S. The summed E-state index contributed by atoms with van der Waals surface area (Å²) in [5.74, 6) is 6.59. The first kappa shape index (κ1) is 11.6. The molecule has 1 unspecified atom stereocenters. The number of nitrogens with two attached hydrogens (primary N) is 1. The molecule has 4 heteroatoms. The number of hydrogen-bond donors (Lipinski definition) is 2. The van der Waals surface area contributed by atoms with E-state index in [9.17, 15) is 0 Å². The molecule has 1 fully saturated rings. The second kappa shape index (κ2) is 4.95. The molecule has 1 heterocycles. The summed E-state index contributed by atoms with van der Waals surface area (Å²) in [5, 5.41) is 0. The largest absolute Gasteiger partial charge is 0.271 e. The lowest BCUT2D eigenvalue weighted by atomic mass is 10.1. The van der Waals surface area contributed by atoms with Crippen LogP contribution >= 0.6 is 27.3 Å². The van der Waals surface area contributed by atoms with Crippen LogP contribution in [0.25, 0.3) is 0 Å². The second-order valence-electron chi connectivity index (χ2n) is 4.35. The molecule has 1 aromatic heterocycles. The third-order valence-electron chi connectivity index (χ3n) is 2.98. The number of thiophene rings is 1. The van der Waals surface area contributed by atoms with E-state index in [1.807, 2.05) is 0 Å². The molecular weight excluding hydrogens is 272 g/mol. The van der Waals surface area contributed by atoms with Crippen molar-refractivity contribution in [1.29, 1.82) is 0 Å². The highest BCUT2D eigenvalue weighted by atomic mass is 79.9. The first-order chi connectivity index (χ1) is 7.20. The minimum absolute atomic E-state index is 0.334. The highest BCUT2D eigenvalue weighted by molar-refractivity contribution is 9.11. The monoisotopic (exact) mass is 288 g/mol. The molecule has 2 nitrogen and oxygen atoms in total. The van der Waals surface area contributed by atoms with Crippen LogP contribution < -0.4 is 11.3 Å². The molecule has 0 amide bonds. The minimum atomic E-state index is 0.334. The fourth-order valence-corrected chi connectivity index (χ4v) is 3.44. The van der Waals surface area contributed by atoms with E-state index in [-0.39, 0.29) is 0 Å². The van der Waals surface area contributed by atoms with Gasteiger partial charge in [0.1, 0.15) is 0 Å². The van der Waals surface area contributed by atoms with Gasteiger partial charge in [0.25, 0.3) is 0 Å². The topological polar surface area (TPSA) is 38.0 Å². The molecule has 0 aliphatic heterocycles. The Morgan fingerprint density at radius 3 is 2.87 bits per heavy atom. The number of hydrogen-bond acceptors (Lipinski definition) is 3. The molecule has 0 spiro atoms. The zero-order valence-electron chi connectivity index (χ0n) is 8.92. The van der Waals surface area contributed by atoms with Crippen LogP contribution in [0.5, 0.6) is 0 Å². The van der Waals surface area contributed by atoms with Gasteiger partial charge in [0, 0.05) is 4.88 Å². The Morgan fingerprint density at radius 1 is 1.67 bits per heavy atom. The van der Waals surface area contributed by atoms with Crippen molar-refractivity contribution in [1.82, 2.24) is 5.43 Å². The first-order valence-corrected chi connectivity index (χ1v) is 7.03. The predicted molar refractivity (Wildman–Crippen MR) is 68.8 cm³/mol. The van der Waals surface area contributed by atoms with E-state index in [2.05, 4.69) is 34.3 Å². The normalized spacial score (nSPS) is 18.1. The van der Waals surface area contributed by atoms with Gasteiger partial charge in [-0.3, -0.25) is 11.3 Å². The molecule has 1 aromatic rings. The van der Waals surface area contributed by atoms with Crippen LogP contribution in [0.15, 0.2) is 9.85 Å². The first-order valence-electron chi connectivity index (χ1n) is 5.42. The maximum absolute atomic E-state index is 5.61. The quantitative estimate of drug-likeness (QED) is 0.643. The van der Waals surface area contributed by atoms with E-state index in [4.69, 9.17) is 5.84 Å². The lowest BCUT2D eigenvalue weighted by Gasteiger charge is -2.13. The fraction of sp³-hybridized carbons (Fsp3) is 0.636. The van der Waals surface area contributed by atoms with Crippen molar-refractivity contribution < 1.29 is 0 Å². The average molecular weight is 289 g/mol. The number of aryl methyl sites for hydroxylation is 1. The number of nitrogens with one attached hydrogen (secondary N) is 1. The highest BCUT2D eigenvalue weighted by Crippen LogP contribution is 2.38. The third kappa shape index (κ3) is 3.03. The van der Waals surface area contributed by atoms with Crippen molar-refractivity contribution in [2.45, 2.75) is 38.6 Å². The standard InChI is InChI=1S/C11H17BrN2S/c1-7-6-10(15-11(7)12)9(14-13)5-4-8-2-3-8/h6,8-9,14H,2-5,13H2,1H3. The van der Waals surface area contributed by atoms with Gasteiger partial charge >= 0.3 is 0 Å². The van der Waals surface area contributed by atoms with E-state index in [1.54, 1.807) is 11.3 Å². The maximum atomic E-state index is 5.61. The zero-order chi connectivity index (χ0) is 10.8. The number of halogens is 1. The van der Waals surface area contributed by atoms with E-state index < -0.39 is 0 Å². The molecule has 1 saturated carbocycles. The van der Waals surface area contributed by atoms with Gasteiger partial charge < -0.3 is 0 Å². The van der Waals surface area contributed by atoms with E-state index in [0.717, 1.165) is 12.3 Å². The Morgan fingerprint density at radius 2 is 2.40 bits per heavy atom. The molecule has 1 aliphatic rings. The number of hydrazine groups is 1. The van der Waals surface area contributed by atoms with Crippen LogP contribution in [0.3, 0.4) is 0 Å². The highest BCUT2D eigenvalue weighted by Gasteiger charge is 2.23. The van der Waals surface area contributed by atoms with Crippen LogP contribution in [0.1, 0.15) is 42.2 Å². The lowest BCUT2D eigenvalue weighted by molar-refractivity contribution is 0.488. The van der Waals surface area contributed by atoms with Crippen molar-refractivity contribution in [2.24, 2.45) is 11.8 Å². The molecule has 0 saturated heterocycles. The second-order valence-corrected chi connectivity index (χ2v) is 6.75. The smallest absolute Gasteiger partial charge is 0.0731 e. The van der Waals surface area contributed by atoms with Crippen LogP contribution in [-0.2, 0) is 0 Å². The van der Waals surface area contributed by atoms with E-state index in [1.165, 1.54) is 33.5 Å². The molecule has 2 rings (SSSR count). The Kier molecular flexibility index (Phi) is 3.83. The van der Waals surface area contributed by atoms with Crippen LogP contribution in [-0.4, -0.2) is 0 Å². The maximum Gasteiger partial charge on any atom is 0.0731 e. The van der Waals surface area contributed by atoms with Gasteiger partial charge in [-0.1, -0.05) is 12.8 Å². The summed E-state index contributed by atoms with van der Waals surface area (Å²) < 4.78 is 1.23. The van der Waals surface area contributed by atoms with E-state index >= 15 is 0 Å². The van der Waals surface area contributed by atoms with Gasteiger partial charge in [0.05, 0.1) is 9.83 Å². The Balaban J connectivity index is 1.97. The molecule has 0 aromatic carbocycles. The van der Waals surface area contributed by atoms with Gasteiger partial charge in [0.2, 0.25) is 0 Å². The summed E-state index contributed by atoms with van der Waals surface area (Å²) in [5.41, 5.74) is 4.24. The molecule has 3 N–H and O–H groups in total. The third-order valence-corrected chi connectivity index (χ3v) is 5.23. The zero-order valence-corrected chi connectivity index (χ0v) is 11.3. The van der Waals surface area contributed by atoms with Crippen LogP contribution in [0.2, 0.25) is 0 Å². The summed E-state index contributed by atoms with van der Waals surface area (Å²) in [4.78, 5) is 1.35. The molecule has 0 bridgehead atoms. The predicted octanol–water partition coefficient (Wildman–Crippen LogP) is 3.51. The van der Waals surface area contributed by atoms with Gasteiger partial charge in [-0.15, -0.1) is 11.3 Å². The van der Waals surface area contributed by atoms with Crippen molar-refractivity contribution in [2.75, 3.05) is 0 Å². The summed E-state index contributed by atoms with van der Waals surface area (Å²) in [6.07, 6.45) is 5.31. The Hall–Kier alpha value is 0.100. The summed E-state index contributed by atoms with van der Waals surface area (Å²) in [7, 11) is 0. The Bertz CT molecular complexity index is 314. The van der Waals surface area contributed by atoms with Gasteiger partial charge in [-0.2, -0.15) is 0 Å². The van der Waals surface area contributed by atoms with Crippen molar-refractivity contribution in [3.8, 4) is 0 Å². The summed E-state index contributed by atoms with van der Waals surface area (Å²) in [6.45, 7) is 2.12. The van der Waals surface area contributed by atoms with E-state index in [0.29, 0.717) is 6.04 Å². The van der Waals surface area contributed by atoms with Crippen molar-refractivity contribution in [3.63, 3.8) is 0 Å².